The summed E-state index contributed by atoms with van der Waals surface area (Å²) >= 11 is 0. The minimum atomic E-state index is -0.249. The summed E-state index contributed by atoms with van der Waals surface area (Å²) in [6.45, 7) is 6.24. The molecule has 2 aromatic carbocycles. The highest BCUT2D eigenvalue weighted by atomic mass is 16.3. The van der Waals surface area contributed by atoms with Gasteiger partial charge in [-0.05, 0) is 35.7 Å². The van der Waals surface area contributed by atoms with Gasteiger partial charge in [0, 0.05) is 25.1 Å². The molecule has 0 saturated carbocycles. The van der Waals surface area contributed by atoms with Crippen LogP contribution in [0.3, 0.4) is 0 Å². The van der Waals surface area contributed by atoms with Crippen molar-refractivity contribution in [1.29, 1.82) is 0 Å². The molecule has 2 amide bonds. The van der Waals surface area contributed by atoms with Crippen LogP contribution in [0.5, 0.6) is 0 Å². The summed E-state index contributed by atoms with van der Waals surface area (Å²) in [5.74, 6) is 0.733. The van der Waals surface area contributed by atoms with Crippen molar-refractivity contribution in [2.24, 2.45) is 0 Å². The smallest absolute Gasteiger partial charge is 0.226 e. The second kappa shape index (κ2) is 7.70. The van der Waals surface area contributed by atoms with Gasteiger partial charge in [-0.3, -0.25) is 9.59 Å². The number of hydrogen-bond acceptors (Lipinski definition) is 4. The molecule has 1 unspecified atom stereocenters. The van der Waals surface area contributed by atoms with Gasteiger partial charge in [0.15, 0.2) is 11.5 Å². The highest BCUT2D eigenvalue weighted by Crippen LogP contribution is 2.33. The molecule has 6 nitrogen and oxygen atoms in total. The molecular formula is C23H25N3O3. The molecule has 1 aliphatic rings. The van der Waals surface area contributed by atoms with Gasteiger partial charge in [0.1, 0.15) is 5.52 Å². The van der Waals surface area contributed by atoms with E-state index in [1.54, 1.807) is 11.8 Å². The van der Waals surface area contributed by atoms with Crippen LogP contribution in [0.15, 0.2) is 46.9 Å². The van der Waals surface area contributed by atoms with Gasteiger partial charge in [-0.2, -0.15) is 0 Å². The zero-order valence-corrected chi connectivity index (χ0v) is 16.9. The normalized spacial score (nSPS) is 16.1. The van der Waals surface area contributed by atoms with Crippen LogP contribution < -0.4 is 5.32 Å². The van der Waals surface area contributed by atoms with Crippen LogP contribution in [0.4, 0.5) is 5.69 Å². The van der Waals surface area contributed by atoms with Gasteiger partial charge >= 0.3 is 0 Å². The SMILES string of the molecule is CC(=O)N1CCc2ccccc2C1CC(=O)Nc1ccc2oc(C(C)C)nc2c1. The first-order valence-electron chi connectivity index (χ1n) is 9.97. The number of aromatic nitrogens is 1. The van der Waals surface area contributed by atoms with Crippen LogP contribution in [0.25, 0.3) is 11.1 Å². The fourth-order valence-corrected chi connectivity index (χ4v) is 3.91. The topological polar surface area (TPSA) is 75.4 Å². The van der Waals surface area contributed by atoms with Crippen molar-refractivity contribution in [1.82, 2.24) is 9.88 Å². The number of carbonyl (C=O) groups is 2. The predicted molar refractivity (Wildman–Crippen MR) is 112 cm³/mol. The second-order valence-corrected chi connectivity index (χ2v) is 7.82. The molecule has 0 aliphatic carbocycles. The van der Waals surface area contributed by atoms with E-state index in [9.17, 15) is 9.59 Å². The number of hydrogen-bond donors (Lipinski definition) is 1. The zero-order chi connectivity index (χ0) is 20.5. The van der Waals surface area contributed by atoms with Gasteiger partial charge in [0.05, 0.1) is 12.5 Å². The van der Waals surface area contributed by atoms with Gasteiger partial charge in [-0.25, -0.2) is 4.98 Å². The van der Waals surface area contributed by atoms with Gasteiger partial charge in [0.25, 0.3) is 0 Å². The predicted octanol–water partition coefficient (Wildman–Crippen LogP) is 4.43. The third-order valence-electron chi connectivity index (χ3n) is 5.38. The first-order chi connectivity index (χ1) is 13.9. The Morgan fingerprint density at radius 1 is 1.24 bits per heavy atom. The summed E-state index contributed by atoms with van der Waals surface area (Å²) < 4.78 is 5.72. The second-order valence-electron chi connectivity index (χ2n) is 7.82. The molecule has 2 heterocycles. The molecule has 29 heavy (non-hydrogen) atoms. The van der Waals surface area contributed by atoms with E-state index in [0.717, 1.165) is 17.5 Å². The van der Waals surface area contributed by atoms with Crippen LogP contribution in [-0.2, 0) is 16.0 Å². The molecular weight excluding hydrogens is 366 g/mol. The van der Waals surface area contributed by atoms with Crippen LogP contribution >= 0.6 is 0 Å². The third-order valence-corrected chi connectivity index (χ3v) is 5.38. The molecule has 0 fully saturated rings. The summed E-state index contributed by atoms with van der Waals surface area (Å²) in [7, 11) is 0. The lowest BCUT2D eigenvalue weighted by molar-refractivity contribution is -0.132. The number of amides is 2. The lowest BCUT2D eigenvalue weighted by atomic mass is 9.90. The fourth-order valence-electron chi connectivity index (χ4n) is 3.91. The maximum atomic E-state index is 12.8. The molecule has 6 heteroatoms. The van der Waals surface area contributed by atoms with E-state index in [1.165, 1.54) is 5.56 Å². The highest BCUT2D eigenvalue weighted by Gasteiger charge is 2.30. The average Bonchev–Trinajstić information content (AvgIpc) is 3.11. The lowest BCUT2D eigenvalue weighted by Gasteiger charge is -2.36. The minimum absolute atomic E-state index is 0.0115. The summed E-state index contributed by atoms with van der Waals surface area (Å²) in [6.07, 6.45) is 1.03. The van der Waals surface area contributed by atoms with E-state index in [0.29, 0.717) is 23.7 Å². The number of fused-ring (bicyclic) bond motifs is 2. The molecule has 1 atom stereocenters. The Morgan fingerprint density at radius 3 is 2.79 bits per heavy atom. The number of carbonyl (C=O) groups excluding carboxylic acids is 2. The van der Waals surface area contributed by atoms with Crippen LogP contribution in [0, 0.1) is 0 Å². The van der Waals surface area contributed by atoms with Crippen LogP contribution in [0.1, 0.15) is 56.2 Å². The van der Waals surface area contributed by atoms with Crippen molar-refractivity contribution in [3.63, 3.8) is 0 Å². The van der Waals surface area contributed by atoms with E-state index in [-0.39, 0.29) is 30.2 Å². The standard InChI is InChI=1S/C23H25N3O3/c1-14(2)23-25-19-12-17(8-9-21(19)29-23)24-22(28)13-20-18-7-5-4-6-16(18)10-11-26(20)15(3)27/h4-9,12,14,20H,10-11,13H2,1-3H3,(H,24,28). The quantitative estimate of drug-likeness (QED) is 0.714. The monoisotopic (exact) mass is 391 g/mol. The average molecular weight is 391 g/mol. The Morgan fingerprint density at radius 2 is 2.03 bits per heavy atom. The minimum Gasteiger partial charge on any atom is -0.440 e. The summed E-state index contributed by atoms with van der Waals surface area (Å²) in [5.41, 5.74) is 4.35. The van der Waals surface area contributed by atoms with Crippen molar-refractivity contribution >= 4 is 28.6 Å². The summed E-state index contributed by atoms with van der Waals surface area (Å²) in [5, 5.41) is 2.95. The van der Waals surface area contributed by atoms with Crippen molar-refractivity contribution in [2.75, 3.05) is 11.9 Å². The highest BCUT2D eigenvalue weighted by molar-refractivity contribution is 5.93. The molecule has 1 aromatic heterocycles. The van der Waals surface area contributed by atoms with E-state index in [1.807, 2.05) is 50.2 Å². The molecule has 0 bridgehead atoms. The first-order valence-corrected chi connectivity index (χ1v) is 9.97. The number of anilines is 1. The molecule has 0 saturated heterocycles. The van der Waals surface area contributed by atoms with Gasteiger partial charge in [-0.1, -0.05) is 38.1 Å². The third kappa shape index (κ3) is 3.88. The lowest BCUT2D eigenvalue weighted by Crippen LogP contribution is -2.40. The first kappa shape index (κ1) is 19.2. The van der Waals surface area contributed by atoms with E-state index >= 15 is 0 Å². The molecule has 0 radical (unpaired) electrons. The Kier molecular flexibility index (Phi) is 5.09. The number of rotatable bonds is 4. The molecule has 1 N–H and O–H groups in total. The van der Waals surface area contributed by atoms with Gasteiger partial charge in [0.2, 0.25) is 11.8 Å². The van der Waals surface area contributed by atoms with Crippen molar-refractivity contribution in [3.05, 3.63) is 59.5 Å². The molecule has 0 spiro atoms. The maximum Gasteiger partial charge on any atom is 0.226 e. The van der Waals surface area contributed by atoms with E-state index in [4.69, 9.17) is 4.42 Å². The molecule has 4 rings (SSSR count). The number of nitrogens with zero attached hydrogens (tertiary/aromatic N) is 2. The number of benzene rings is 2. The van der Waals surface area contributed by atoms with Gasteiger partial charge < -0.3 is 14.6 Å². The van der Waals surface area contributed by atoms with Crippen molar-refractivity contribution in [2.45, 2.75) is 45.6 Å². The summed E-state index contributed by atoms with van der Waals surface area (Å²) in [4.78, 5) is 31.2. The van der Waals surface area contributed by atoms with Crippen LogP contribution in [-0.4, -0.2) is 28.2 Å². The van der Waals surface area contributed by atoms with Gasteiger partial charge in [-0.15, -0.1) is 0 Å². The Balaban J connectivity index is 1.54. The maximum absolute atomic E-state index is 12.8. The summed E-state index contributed by atoms with van der Waals surface area (Å²) in [6, 6.07) is 13.2. The molecule has 150 valence electrons. The largest absolute Gasteiger partial charge is 0.440 e. The van der Waals surface area contributed by atoms with Crippen molar-refractivity contribution in [3.8, 4) is 0 Å². The Bertz CT molecular complexity index is 1070. The fraction of sp³-hybridized carbons (Fsp3) is 0.348. The number of nitrogens with one attached hydrogen (secondary N) is 1. The Hall–Kier alpha value is -3.15. The Labute approximate surface area is 169 Å². The van der Waals surface area contributed by atoms with Crippen LogP contribution in [0.2, 0.25) is 0 Å². The molecule has 3 aromatic rings. The van der Waals surface area contributed by atoms with Crippen molar-refractivity contribution < 1.29 is 14.0 Å². The van der Waals surface area contributed by atoms with E-state index < -0.39 is 0 Å². The number of oxazole rings is 1. The zero-order valence-electron chi connectivity index (χ0n) is 16.9. The molecule has 1 aliphatic heterocycles. The van der Waals surface area contributed by atoms with E-state index in [2.05, 4.69) is 16.4 Å².